The summed E-state index contributed by atoms with van der Waals surface area (Å²) < 4.78 is 30.2. The van der Waals surface area contributed by atoms with E-state index in [1.54, 1.807) is 11.0 Å². The molecule has 0 bridgehead atoms. The van der Waals surface area contributed by atoms with Gasteiger partial charge in [0.05, 0.1) is 6.20 Å². The number of pyridine rings is 2. The first-order chi connectivity index (χ1) is 17.4. The number of methoxy groups -OCH3 is 3. The zero-order valence-electron chi connectivity index (χ0n) is 20.3. The Labute approximate surface area is 207 Å². The number of aryl methyl sites for hydroxylation is 1. The van der Waals surface area contributed by atoms with Crippen LogP contribution in [0.15, 0.2) is 18.3 Å². The molecule has 4 heterocycles. The molecule has 0 saturated carbocycles. The summed E-state index contributed by atoms with van der Waals surface area (Å²) in [5.74, 6) is -0.460. The van der Waals surface area contributed by atoms with Gasteiger partial charge in [-0.3, -0.25) is 15.0 Å². The van der Waals surface area contributed by atoms with Gasteiger partial charge in [-0.15, -0.1) is 0 Å². The monoisotopic (exact) mass is 498 g/mol. The summed E-state index contributed by atoms with van der Waals surface area (Å²) in [5.41, 5.74) is 1.82. The number of nitrogens with zero attached hydrogens (tertiary/aromatic N) is 5. The number of urea groups is 1. The number of hydrogen-bond acceptors (Lipinski definition) is 8. The van der Waals surface area contributed by atoms with Gasteiger partial charge in [-0.05, 0) is 30.0 Å². The summed E-state index contributed by atoms with van der Waals surface area (Å²) in [6.07, 6.45) is 1.76. The first-order valence-electron chi connectivity index (χ1n) is 11.4. The Balaban J connectivity index is 1.64. The van der Waals surface area contributed by atoms with E-state index < -0.39 is 24.2 Å². The molecule has 0 aromatic carbocycles. The fourth-order valence-corrected chi connectivity index (χ4v) is 4.46. The number of carbonyl (C=O) groups excluding carboxylic acids is 2. The zero-order chi connectivity index (χ0) is 25.8. The Kier molecular flexibility index (Phi) is 7.73. The smallest absolute Gasteiger partial charge is 0.328 e. The van der Waals surface area contributed by atoms with Crippen molar-refractivity contribution in [3.8, 4) is 6.07 Å². The molecular weight excluding hydrogens is 471 g/mol. The van der Waals surface area contributed by atoms with Crippen LogP contribution in [-0.4, -0.2) is 67.3 Å². The summed E-state index contributed by atoms with van der Waals surface area (Å²) in [7, 11) is 4.48. The van der Waals surface area contributed by atoms with Crippen molar-refractivity contribution in [3.63, 3.8) is 0 Å². The van der Waals surface area contributed by atoms with Crippen LogP contribution in [0.1, 0.15) is 41.5 Å². The number of nitrogens with one attached hydrogen (secondary N) is 1. The molecule has 36 heavy (non-hydrogen) atoms. The molecule has 11 nitrogen and oxygen atoms in total. The average Bonchev–Trinajstić information content (AvgIpc) is 3.23. The molecule has 3 amide bonds. The van der Waals surface area contributed by atoms with Gasteiger partial charge in [-0.1, -0.05) is 0 Å². The number of ether oxygens (including phenoxy) is 3. The van der Waals surface area contributed by atoms with E-state index in [1.165, 1.54) is 26.2 Å². The number of amides is 3. The lowest BCUT2D eigenvalue weighted by molar-refractivity contribution is -0.136. The number of anilines is 2. The van der Waals surface area contributed by atoms with Gasteiger partial charge >= 0.3 is 6.03 Å². The van der Waals surface area contributed by atoms with Crippen LogP contribution in [0.3, 0.4) is 0 Å². The van der Waals surface area contributed by atoms with Crippen LogP contribution in [0, 0.1) is 17.1 Å². The number of likely N-dealkylation sites (tertiary alicyclic amines) is 1. The molecule has 1 atom stereocenters. The lowest BCUT2D eigenvalue weighted by Crippen LogP contribution is -2.40. The maximum Gasteiger partial charge on any atom is 0.328 e. The molecule has 1 fully saturated rings. The van der Waals surface area contributed by atoms with Crippen LogP contribution >= 0.6 is 0 Å². The molecule has 2 aliphatic rings. The maximum atomic E-state index is 14.0. The summed E-state index contributed by atoms with van der Waals surface area (Å²) in [6, 6.07) is 4.08. The fraction of sp³-hybridized carbons (Fsp3) is 0.458. The molecule has 0 radical (unpaired) electrons. The van der Waals surface area contributed by atoms with Crippen LogP contribution in [0.4, 0.5) is 20.8 Å². The van der Waals surface area contributed by atoms with Crippen LogP contribution in [0.2, 0.25) is 0 Å². The van der Waals surface area contributed by atoms with E-state index in [0.717, 1.165) is 23.4 Å². The highest BCUT2D eigenvalue weighted by molar-refractivity contribution is 6.01. The highest BCUT2D eigenvalue weighted by atomic mass is 19.1. The molecule has 2 aromatic heterocycles. The molecule has 4 rings (SSSR count). The summed E-state index contributed by atoms with van der Waals surface area (Å²) >= 11 is 0. The molecule has 12 heteroatoms. The molecule has 0 spiro atoms. The second-order valence-electron chi connectivity index (χ2n) is 8.44. The average molecular weight is 499 g/mol. The third-order valence-corrected chi connectivity index (χ3v) is 6.27. The SMILES string of the molecule is COC(OC)c1nc2c(cc1CN1CC[C@@H](OC)C1=O)CCCN2C(=O)Nc1cc(F)c(C#N)cn1. The van der Waals surface area contributed by atoms with E-state index in [1.807, 2.05) is 6.07 Å². The number of fused-ring (bicyclic) bond motifs is 1. The molecule has 1 N–H and O–H groups in total. The highest BCUT2D eigenvalue weighted by Crippen LogP contribution is 2.32. The highest BCUT2D eigenvalue weighted by Gasteiger charge is 2.34. The van der Waals surface area contributed by atoms with E-state index in [4.69, 9.17) is 24.5 Å². The van der Waals surface area contributed by atoms with Crippen molar-refractivity contribution in [2.45, 2.75) is 38.2 Å². The van der Waals surface area contributed by atoms with E-state index >= 15 is 0 Å². The van der Waals surface area contributed by atoms with E-state index in [9.17, 15) is 14.0 Å². The standard InChI is InChI=1S/C24H27FN6O5/c1-34-18-6-8-30(22(18)32)13-15-9-14-5-4-7-31(21(14)29-20(15)23(35-2)36-3)24(33)28-19-10-17(25)16(11-26)12-27-19/h9-10,12,18,23H,4-8,13H2,1-3H3,(H,27,28,33)/t18-/m1/s1. The van der Waals surface area contributed by atoms with Gasteiger partial charge in [0.2, 0.25) is 6.29 Å². The second-order valence-corrected chi connectivity index (χ2v) is 8.44. The van der Waals surface area contributed by atoms with Crippen LogP contribution < -0.4 is 10.2 Å². The fourth-order valence-electron chi connectivity index (χ4n) is 4.46. The lowest BCUT2D eigenvalue weighted by atomic mass is 10.0. The number of hydrogen-bond donors (Lipinski definition) is 1. The molecular formula is C24H27FN6O5. The van der Waals surface area contributed by atoms with Gasteiger partial charge in [0.15, 0.2) is 0 Å². The second kappa shape index (κ2) is 10.9. The first kappa shape index (κ1) is 25.4. The third-order valence-electron chi connectivity index (χ3n) is 6.27. The summed E-state index contributed by atoms with van der Waals surface area (Å²) in [5, 5.41) is 11.5. The number of halogens is 1. The summed E-state index contributed by atoms with van der Waals surface area (Å²) in [4.78, 5) is 37.6. The topological polar surface area (TPSA) is 130 Å². The minimum atomic E-state index is -0.817. The van der Waals surface area contributed by atoms with Gasteiger partial charge in [0.1, 0.15) is 40.9 Å². The maximum absolute atomic E-state index is 14.0. The van der Waals surface area contributed by atoms with Crippen LogP contribution in [0.25, 0.3) is 0 Å². The Hall–Kier alpha value is -3.66. The predicted molar refractivity (Wildman–Crippen MR) is 125 cm³/mol. The van der Waals surface area contributed by atoms with Gasteiger partial charge in [0, 0.05) is 53.5 Å². The normalized spacial score (nSPS) is 17.3. The van der Waals surface area contributed by atoms with Crippen molar-refractivity contribution in [1.29, 1.82) is 5.26 Å². The molecule has 1 saturated heterocycles. The van der Waals surface area contributed by atoms with E-state index in [-0.39, 0.29) is 17.3 Å². The molecule has 0 aliphatic carbocycles. The van der Waals surface area contributed by atoms with Crippen molar-refractivity contribution in [2.24, 2.45) is 0 Å². The van der Waals surface area contributed by atoms with Gasteiger partial charge < -0.3 is 19.1 Å². The lowest BCUT2D eigenvalue weighted by Gasteiger charge is -2.31. The third kappa shape index (κ3) is 4.99. The zero-order valence-corrected chi connectivity index (χ0v) is 20.3. The van der Waals surface area contributed by atoms with E-state index in [0.29, 0.717) is 50.4 Å². The Morgan fingerprint density at radius 2 is 2.08 bits per heavy atom. The number of nitriles is 1. The van der Waals surface area contributed by atoms with Crippen LogP contribution in [-0.2, 0) is 32.0 Å². The number of aromatic nitrogens is 2. The van der Waals surface area contributed by atoms with Crippen molar-refractivity contribution < 1.29 is 28.2 Å². The molecule has 2 aromatic rings. The van der Waals surface area contributed by atoms with Crippen molar-refractivity contribution in [3.05, 3.63) is 46.5 Å². The quantitative estimate of drug-likeness (QED) is 0.577. The van der Waals surface area contributed by atoms with Crippen molar-refractivity contribution in [2.75, 3.05) is 44.6 Å². The molecule has 2 aliphatic heterocycles. The van der Waals surface area contributed by atoms with Gasteiger partial charge in [-0.25, -0.2) is 19.2 Å². The van der Waals surface area contributed by atoms with Crippen molar-refractivity contribution in [1.82, 2.24) is 14.9 Å². The first-order valence-corrected chi connectivity index (χ1v) is 11.4. The van der Waals surface area contributed by atoms with Crippen LogP contribution in [0.5, 0.6) is 0 Å². The Morgan fingerprint density at radius 1 is 1.31 bits per heavy atom. The largest absolute Gasteiger partial charge is 0.372 e. The van der Waals surface area contributed by atoms with Crippen molar-refractivity contribution >= 4 is 23.6 Å². The molecule has 0 unspecified atom stereocenters. The Bertz CT molecular complexity index is 1200. The minimum absolute atomic E-state index is 0.0210. The van der Waals surface area contributed by atoms with E-state index in [2.05, 4.69) is 10.3 Å². The Morgan fingerprint density at radius 3 is 2.72 bits per heavy atom. The number of rotatable bonds is 7. The van der Waals surface area contributed by atoms with Gasteiger partial charge in [-0.2, -0.15) is 5.26 Å². The summed E-state index contributed by atoms with van der Waals surface area (Å²) in [6.45, 7) is 1.24. The molecule has 190 valence electrons. The number of carbonyl (C=O) groups is 2. The van der Waals surface area contributed by atoms with Gasteiger partial charge in [0.25, 0.3) is 5.91 Å². The predicted octanol–water partition coefficient (Wildman–Crippen LogP) is 2.51. The minimum Gasteiger partial charge on any atom is -0.372 e.